The topological polar surface area (TPSA) is 132 Å². The van der Waals surface area contributed by atoms with Gasteiger partial charge >= 0.3 is 18.0 Å². The Balaban J connectivity index is 1.11. The maximum atomic E-state index is 13.1. The maximum absolute atomic E-state index is 13.1. The Morgan fingerprint density at radius 3 is 2.15 bits per heavy atom. The standard InChI is InChI=1S/C28H33N5O6/c34-25-23(18-19-10-12-29-13-11-19)24(26(35)36)33(25)28(38)32-16-14-31(15-17-32)27(37)30-20-6-8-22(9-7-20)39-21-4-2-1-3-5-21/h1-9,19,23-24,29H,10-18H2,(H,30,37)(H,35,36)/t23-,24+/m1/s1. The van der Waals surface area contributed by atoms with Gasteiger partial charge in [-0.1, -0.05) is 18.2 Å². The molecule has 2 atom stereocenters. The summed E-state index contributed by atoms with van der Waals surface area (Å²) in [5, 5.41) is 15.9. The molecule has 5 amide bonds. The van der Waals surface area contributed by atoms with E-state index in [1.54, 1.807) is 29.2 Å². The van der Waals surface area contributed by atoms with Gasteiger partial charge < -0.3 is 30.3 Å². The number of rotatable bonds is 6. The Hall–Kier alpha value is -4.12. The summed E-state index contributed by atoms with van der Waals surface area (Å²) in [5.74, 6) is -0.580. The van der Waals surface area contributed by atoms with Crippen molar-refractivity contribution in [2.24, 2.45) is 11.8 Å². The number of nitrogens with zero attached hydrogens (tertiary/aromatic N) is 3. The van der Waals surface area contributed by atoms with Gasteiger partial charge in [-0.3, -0.25) is 4.79 Å². The van der Waals surface area contributed by atoms with Crippen molar-refractivity contribution in [2.75, 3.05) is 44.6 Å². The summed E-state index contributed by atoms with van der Waals surface area (Å²) in [6.45, 7) is 2.68. The summed E-state index contributed by atoms with van der Waals surface area (Å²) in [5.41, 5.74) is 0.606. The number of imide groups is 1. The van der Waals surface area contributed by atoms with Gasteiger partial charge in [-0.2, -0.15) is 0 Å². The molecular formula is C28H33N5O6. The molecule has 0 radical (unpaired) electrons. The number of carbonyl (C=O) groups excluding carboxylic acids is 3. The summed E-state index contributed by atoms with van der Waals surface area (Å²) < 4.78 is 5.77. The Bertz CT molecular complexity index is 1190. The molecule has 3 N–H and O–H groups in total. The van der Waals surface area contributed by atoms with Gasteiger partial charge in [0.15, 0.2) is 6.04 Å². The first-order valence-corrected chi connectivity index (χ1v) is 13.3. The number of carboxylic acid groups (broad SMARTS) is 1. The van der Waals surface area contributed by atoms with Crippen LogP contribution in [0.5, 0.6) is 11.5 Å². The highest BCUT2D eigenvalue weighted by atomic mass is 16.5. The molecule has 0 spiro atoms. The van der Waals surface area contributed by atoms with Gasteiger partial charge in [0, 0.05) is 31.9 Å². The molecule has 3 fully saturated rings. The lowest BCUT2D eigenvalue weighted by molar-refractivity contribution is -0.167. The molecule has 0 aromatic heterocycles. The predicted octanol–water partition coefficient (Wildman–Crippen LogP) is 3.05. The van der Waals surface area contributed by atoms with Crippen LogP contribution in [0.25, 0.3) is 0 Å². The molecule has 0 aliphatic carbocycles. The lowest BCUT2D eigenvalue weighted by Crippen LogP contribution is -2.69. The van der Waals surface area contributed by atoms with Crippen LogP contribution >= 0.6 is 0 Å². The number of amides is 5. The van der Waals surface area contributed by atoms with Crippen molar-refractivity contribution in [3.63, 3.8) is 0 Å². The normalized spacial score (nSPS) is 21.7. The van der Waals surface area contributed by atoms with Crippen molar-refractivity contribution >= 4 is 29.6 Å². The second-order valence-electron chi connectivity index (χ2n) is 10.2. The molecule has 0 saturated carbocycles. The Kier molecular flexibility index (Phi) is 7.97. The molecule has 0 unspecified atom stereocenters. The molecule has 3 saturated heterocycles. The monoisotopic (exact) mass is 535 g/mol. The van der Waals surface area contributed by atoms with E-state index in [1.807, 2.05) is 30.3 Å². The smallest absolute Gasteiger partial charge is 0.327 e. The molecular weight excluding hydrogens is 502 g/mol. The minimum atomic E-state index is -1.15. The lowest BCUT2D eigenvalue weighted by Gasteiger charge is -2.47. The number of carbonyl (C=O) groups is 4. The SMILES string of the molecule is O=C(O)[C@@H]1[C@@H](CC2CCNCC2)C(=O)N1C(=O)N1CCN(C(=O)Nc2ccc(Oc3ccccc3)cc2)CC1. The third-order valence-electron chi connectivity index (χ3n) is 7.64. The van der Waals surface area contributed by atoms with Crippen LogP contribution in [-0.4, -0.2) is 89.1 Å². The van der Waals surface area contributed by atoms with Crippen molar-refractivity contribution in [2.45, 2.75) is 25.3 Å². The van der Waals surface area contributed by atoms with E-state index in [2.05, 4.69) is 10.6 Å². The number of para-hydroxylation sites is 1. The van der Waals surface area contributed by atoms with Gasteiger partial charge in [-0.15, -0.1) is 0 Å². The number of anilines is 1. The number of hydrogen-bond acceptors (Lipinski definition) is 6. The zero-order valence-corrected chi connectivity index (χ0v) is 21.6. The maximum Gasteiger partial charge on any atom is 0.327 e. The number of urea groups is 2. The molecule has 2 aromatic rings. The second-order valence-corrected chi connectivity index (χ2v) is 10.2. The minimum absolute atomic E-state index is 0.213. The van der Waals surface area contributed by atoms with E-state index < -0.39 is 29.9 Å². The average molecular weight is 536 g/mol. The first kappa shape index (κ1) is 26.5. The Morgan fingerprint density at radius 2 is 1.51 bits per heavy atom. The molecule has 5 rings (SSSR count). The Labute approximate surface area is 226 Å². The summed E-state index contributed by atoms with van der Waals surface area (Å²) in [7, 11) is 0. The molecule has 0 bridgehead atoms. The fourth-order valence-electron chi connectivity index (χ4n) is 5.44. The average Bonchev–Trinajstić information content (AvgIpc) is 2.96. The number of likely N-dealkylation sites (tertiary alicyclic amines) is 1. The van der Waals surface area contributed by atoms with Crippen molar-refractivity contribution < 1.29 is 29.0 Å². The number of benzene rings is 2. The van der Waals surface area contributed by atoms with Crippen molar-refractivity contribution in [1.82, 2.24) is 20.0 Å². The van der Waals surface area contributed by atoms with Crippen LogP contribution in [0.3, 0.4) is 0 Å². The first-order chi connectivity index (χ1) is 18.9. The quantitative estimate of drug-likeness (QED) is 0.485. The van der Waals surface area contributed by atoms with E-state index in [1.165, 1.54) is 4.90 Å². The molecule has 11 heteroatoms. The van der Waals surface area contributed by atoms with Gasteiger partial charge in [0.1, 0.15) is 11.5 Å². The lowest BCUT2D eigenvalue weighted by atomic mass is 9.78. The van der Waals surface area contributed by atoms with Crippen LogP contribution in [0.2, 0.25) is 0 Å². The second kappa shape index (κ2) is 11.7. The number of piperazine rings is 1. The molecule has 39 heavy (non-hydrogen) atoms. The van der Waals surface area contributed by atoms with Gasteiger partial charge in [0.05, 0.1) is 5.92 Å². The van der Waals surface area contributed by atoms with Gasteiger partial charge in [0.2, 0.25) is 5.91 Å². The van der Waals surface area contributed by atoms with E-state index in [9.17, 15) is 24.3 Å². The first-order valence-electron chi connectivity index (χ1n) is 13.3. The van der Waals surface area contributed by atoms with Crippen LogP contribution in [0, 0.1) is 11.8 Å². The number of aliphatic carboxylic acids is 1. The summed E-state index contributed by atoms with van der Waals surface area (Å²) in [6.07, 6.45) is 2.30. The fraction of sp³-hybridized carbons (Fsp3) is 0.429. The van der Waals surface area contributed by atoms with Gasteiger partial charge in [0.25, 0.3) is 0 Å². The van der Waals surface area contributed by atoms with E-state index >= 15 is 0 Å². The number of carboxylic acids is 1. The van der Waals surface area contributed by atoms with E-state index in [4.69, 9.17) is 4.74 Å². The number of ether oxygens (including phenoxy) is 1. The van der Waals surface area contributed by atoms with E-state index in [0.717, 1.165) is 30.8 Å². The van der Waals surface area contributed by atoms with Crippen molar-refractivity contribution in [3.05, 3.63) is 54.6 Å². The molecule has 206 valence electrons. The van der Waals surface area contributed by atoms with E-state index in [-0.39, 0.29) is 38.1 Å². The fourth-order valence-corrected chi connectivity index (χ4v) is 5.44. The van der Waals surface area contributed by atoms with E-state index in [0.29, 0.717) is 23.6 Å². The minimum Gasteiger partial charge on any atom is -0.480 e. The zero-order chi connectivity index (χ0) is 27.4. The highest BCUT2D eigenvalue weighted by Gasteiger charge is 2.56. The molecule has 2 aromatic carbocycles. The summed E-state index contributed by atoms with van der Waals surface area (Å²) in [6, 6.07) is 14.4. The highest BCUT2D eigenvalue weighted by molar-refractivity contribution is 6.07. The van der Waals surface area contributed by atoms with Crippen LogP contribution in [-0.2, 0) is 9.59 Å². The summed E-state index contributed by atoms with van der Waals surface area (Å²) in [4.78, 5) is 54.6. The van der Waals surface area contributed by atoms with Gasteiger partial charge in [-0.25, -0.2) is 19.3 Å². The Morgan fingerprint density at radius 1 is 0.897 bits per heavy atom. The van der Waals surface area contributed by atoms with Crippen LogP contribution in [0.4, 0.5) is 15.3 Å². The number of β-lactam (4-membered cyclic amide) rings is 1. The number of hydrogen-bond donors (Lipinski definition) is 3. The molecule has 3 aliphatic heterocycles. The third kappa shape index (κ3) is 5.98. The molecule has 11 nitrogen and oxygen atoms in total. The number of piperidine rings is 1. The van der Waals surface area contributed by atoms with Crippen molar-refractivity contribution in [1.29, 1.82) is 0 Å². The van der Waals surface area contributed by atoms with Crippen LogP contribution in [0.1, 0.15) is 19.3 Å². The number of nitrogens with one attached hydrogen (secondary N) is 2. The largest absolute Gasteiger partial charge is 0.480 e. The zero-order valence-electron chi connectivity index (χ0n) is 21.6. The van der Waals surface area contributed by atoms with Gasteiger partial charge in [-0.05, 0) is 74.7 Å². The predicted molar refractivity (Wildman–Crippen MR) is 142 cm³/mol. The third-order valence-corrected chi connectivity index (χ3v) is 7.64. The summed E-state index contributed by atoms with van der Waals surface area (Å²) >= 11 is 0. The molecule has 3 heterocycles. The highest BCUT2D eigenvalue weighted by Crippen LogP contribution is 2.35. The van der Waals surface area contributed by atoms with Crippen molar-refractivity contribution in [3.8, 4) is 11.5 Å². The molecule has 3 aliphatic rings. The van der Waals surface area contributed by atoms with Crippen LogP contribution in [0.15, 0.2) is 54.6 Å². The van der Waals surface area contributed by atoms with Crippen LogP contribution < -0.4 is 15.4 Å².